The van der Waals surface area contributed by atoms with Gasteiger partial charge in [-0.2, -0.15) is 0 Å². The van der Waals surface area contributed by atoms with E-state index in [0.29, 0.717) is 0 Å². The van der Waals surface area contributed by atoms with Crippen molar-refractivity contribution < 1.29 is 18.6 Å². The van der Waals surface area contributed by atoms with Crippen LogP contribution in [0.15, 0.2) is 12.5 Å². The van der Waals surface area contributed by atoms with Crippen LogP contribution in [0, 0.1) is 5.82 Å². The van der Waals surface area contributed by atoms with Gasteiger partial charge in [-0.05, 0) is 0 Å². The Morgan fingerprint density at radius 3 is 3.00 bits per heavy atom. The van der Waals surface area contributed by atoms with E-state index in [0.717, 1.165) is 6.20 Å². The van der Waals surface area contributed by atoms with E-state index in [1.165, 1.54) is 10.9 Å². The zero-order valence-corrected chi connectivity index (χ0v) is 9.83. The molecule has 3 unspecified atom stereocenters. The van der Waals surface area contributed by atoms with Crippen molar-refractivity contribution in [1.29, 1.82) is 0 Å². The molecule has 0 amide bonds. The lowest BCUT2D eigenvalue weighted by Crippen LogP contribution is -2.16. The summed E-state index contributed by atoms with van der Waals surface area (Å²) in [5.74, 6) is -0.635. The number of nitrogen functional groups attached to an aromatic ring is 1. The SMILES string of the molecule is Nc1ncnc2c1c(F)cn2C1OC(CO)CC1F. The summed E-state index contributed by atoms with van der Waals surface area (Å²) in [6.45, 7) is -0.282. The second kappa shape index (κ2) is 4.39. The Morgan fingerprint density at radius 2 is 2.32 bits per heavy atom. The van der Waals surface area contributed by atoms with Gasteiger partial charge in [-0.1, -0.05) is 0 Å². The van der Waals surface area contributed by atoms with E-state index >= 15 is 0 Å². The number of nitrogens with two attached hydrogens (primary N) is 1. The van der Waals surface area contributed by atoms with Gasteiger partial charge >= 0.3 is 0 Å². The molecule has 3 atom stereocenters. The Labute approximate surface area is 106 Å². The number of aliphatic hydroxyl groups excluding tert-OH is 1. The molecule has 0 bridgehead atoms. The van der Waals surface area contributed by atoms with E-state index in [4.69, 9.17) is 15.6 Å². The van der Waals surface area contributed by atoms with Gasteiger partial charge in [0, 0.05) is 12.6 Å². The summed E-state index contributed by atoms with van der Waals surface area (Å²) in [7, 11) is 0. The maximum absolute atomic E-state index is 13.9. The summed E-state index contributed by atoms with van der Waals surface area (Å²) in [6.07, 6.45) is -0.629. The van der Waals surface area contributed by atoms with Crippen LogP contribution in [0.5, 0.6) is 0 Å². The Balaban J connectivity index is 2.09. The predicted molar refractivity (Wildman–Crippen MR) is 62.4 cm³/mol. The van der Waals surface area contributed by atoms with Crippen molar-refractivity contribution in [3.63, 3.8) is 0 Å². The van der Waals surface area contributed by atoms with Gasteiger partial charge in [-0.3, -0.25) is 4.57 Å². The van der Waals surface area contributed by atoms with Gasteiger partial charge in [0.1, 0.15) is 18.3 Å². The van der Waals surface area contributed by atoms with Crippen LogP contribution in [-0.2, 0) is 4.74 Å². The molecule has 2 aromatic rings. The Kier molecular flexibility index (Phi) is 2.83. The smallest absolute Gasteiger partial charge is 0.167 e. The highest BCUT2D eigenvalue weighted by molar-refractivity contribution is 5.86. The lowest BCUT2D eigenvalue weighted by molar-refractivity contribution is -0.0350. The van der Waals surface area contributed by atoms with Gasteiger partial charge in [0.05, 0.1) is 18.1 Å². The van der Waals surface area contributed by atoms with Crippen LogP contribution in [0.25, 0.3) is 11.0 Å². The van der Waals surface area contributed by atoms with Crippen molar-refractivity contribution in [2.24, 2.45) is 0 Å². The summed E-state index contributed by atoms with van der Waals surface area (Å²) in [6, 6.07) is 0. The second-order valence-corrected chi connectivity index (χ2v) is 4.42. The number of hydrogen-bond donors (Lipinski definition) is 2. The molecule has 6 nitrogen and oxygen atoms in total. The minimum Gasteiger partial charge on any atom is -0.394 e. The van der Waals surface area contributed by atoms with E-state index in [1.807, 2.05) is 0 Å². The fourth-order valence-corrected chi connectivity index (χ4v) is 2.32. The minimum absolute atomic E-state index is 0.00615. The van der Waals surface area contributed by atoms with E-state index in [2.05, 4.69) is 9.97 Å². The number of nitrogens with zero attached hydrogens (tertiary/aromatic N) is 3. The van der Waals surface area contributed by atoms with Crippen LogP contribution < -0.4 is 5.73 Å². The molecule has 0 saturated carbocycles. The molecule has 19 heavy (non-hydrogen) atoms. The third kappa shape index (κ3) is 1.83. The summed E-state index contributed by atoms with van der Waals surface area (Å²) in [4.78, 5) is 7.61. The lowest BCUT2D eigenvalue weighted by atomic mass is 10.2. The van der Waals surface area contributed by atoms with Crippen LogP contribution in [0.4, 0.5) is 14.6 Å². The normalized spacial score (nSPS) is 27.2. The summed E-state index contributed by atoms with van der Waals surface area (Å²) in [5.41, 5.74) is 5.76. The van der Waals surface area contributed by atoms with E-state index in [-0.39, 0.29) is 29.9 Å². The summed E-state index contributed by atoms with van der Waals surface area (Å²) >= 11 is 0. The van der Waals surface area contributed by atoms with Crippen LogP contribution in [-0.4, -0.2) is 38.5 Å². The molecular weight excluding hydrogens is 258 g/mol. The monoisotopic (exact) mass is 270 g/mol. The predicted octanol–water partition coefficient (Wildman–Crippen LogP) is 0.770. The fraction of sp³-hybridized carbons (Fsp3) is 0.455. The third-order valence-corrected chi connectivity index (χ3v) is 3.20. The molecule has 1 saturated heterocycles. The summed E-state index contributed by atoms with van der Waals surface area (Å²) < 4.78 is 34.3. The largest absolute Gasteiger partial charge is 0.394 e. The molecule has 1 fully saturated rings. The van der Waals surface area contributed by atoms with Crippen molar-refractivity contribution in [1.82, 2.24) is 14.5 Å². The lowest BCUT2D eigenvalue weighted by Gasteiger charge is -2.15. The van der Waals surface area contributed by atoms with Crippen LogP contribution in [0.1, 0.15) is 12.6 Å². The molecule has 0 radical (unpaired) electrons. The van der Waals surface area contributed by atoms with Crippen molar-refractivity contribution in [2.45, 2.75) is 24.9 Å². The molecule has 8 heteroatoms. The van der Waals surface area contributed by atoms with E-state index in [9.17, 15) is 8.78 Å². The highest BCUT2D eigenvalue weighted by atomic mass is 19.1. The molecule has 0 aromatic carbocycles. The number of ether oxygens (including phenoxy) is 1. The number of aromatic nitrogens is 3. The Bertz CT molecular complexity index is 618. The molecule has 3 rings (SSSR count). The third-order valence-electron chi connectivity index (χ3n) is 3.20. The highest BCUT2D eigenvalue weighted by Gasteiger charge is 2.37. The Morgan fingerprint density at radius 1 is 1.53 bits per heavy atom. The number of hydrogen-bond acceptors (Lipinski definition) is 5. The first kappa shape index (κ1) is 12.2. The van der Waals surface area contributed by atoms with Crippen molar-refractivity contribution in [2.75, 3.05) is 12.3 Å². The maximum Gasteiger partial charge on any atom is 0.167 e. The molecule has 3 heterocycles. The second-order valence-electron chi connectivity index (χ2n) is 4.42. The minimum atomic E-state index is -1.34. The van der Waals surface area contributed by atoms with Crippen LogP contribution in [0.2, 0.25) is 0 Å². The molecule has 0 spiro atoms. The first-order valence-electron chi connectivity index (χ1n) is 5.78. The average Bonchev–Trinajstić information content (AvgIpc) is 2.91. The molecule has 0 aliphatic carbocycles. The van der Waals surface area contributed by atoms with Crippen molar-refractivity contribution in [3.05, 3.63) is 18.3 Å². The van der Waals surface area contributed by atoms with E-state index < -0.39 is 24.3 Å². The van der Waals surface area contributed by atoms with Gasteiger partial charge in [-0.25, -0.2) is 18.7 Å². The molecule has 2 aromatic heterocycles. The number of alkyl halides is 1. The first-order chi connectivity index (χ1) is 9.11. The number of anilines is 1. The van der Waals surface area contributed by atoms with Crippen molar-refractivity contribution >= 4 is 16.9 Å². The summed E-state index contributed by atoms with van der Waals surface area (Å²) in [5, 5.41) is 9.04. The standard InChI is InChI=1S/C11H12F2N4O2/c12-6-1-5(3-18)19-11(6)17-2-7(13)8-9(14)15-4-16-10(8)17/h2,4-6,11,18H,1,3H2,(H2,14,15,16). The first-order valence-corrected chi connectivity index (χ1v) is 5.78. The Hall–Kier alpha value is -1.80. The molecule has 3 N–H and O–H groups in total. The van der Waals surface area contributed by atoms with Gasteiger partial charge in [-0.15, -0.1) is 0 Å². The number of aliphatic hydroxyl groups is 1. The maximum atomic E-state index is 13.9. The fourth-order valence-electron chi connectivity index (χ4n) is 2.32. The van der Waals surface area contributed by atoms with Gasteiger partial charge in [0.15, 0.2) is 17.7 Å². The van der Waals surface area contributed by atoms with Crippen molar-refractivity contribution in [3.8, 4) is 0 Å². The number of rotatable bonds is 2. The van der Waals surface area contributed by atoms with Gasteiger partial charge in [0.25, 0.3) is 0 Å². The zero-order chi connectivity index (χ0) is 13.6. The van der Waals surface area contributed by atoms with E-state index in [1.54, 1.807) is 0 Å². The molecule has 102 valence electrons. The van der Waals surface area contributed by atoms with Gasteiger partial charge < -0.3 is 15.6 Å². The quantitative estimate of drug-likeness (QED) is 0.841. The zero-order valence-electron chi connectivity index (χ0n) is 9.83. The molecule has 1 aliphatic rings. The number of halogens is 2. The molecule has 1 aliphatic heterocycles. The van der Waals surface area contributed by atoms with Crippen LogP contribution in [0.3, 0.4) is 0 Å². The van der Waals surface area contributed by atoms with Crippen LogP contribution >= 0.6 is 0 Å². The number of fused-ring (bicyclic) bond motifs is 1. The molecular formula is C11H12F2N4O2. The topological polar surface area (TPSA) is 86.2 Å². The highest BCUT2D eigenvalue weighted by Crippen LogP contribution is 2.35. The van der Waals surface area contributed by atoms with Gasteiger partial charge in [0.2, 0.25) is 0 Å². The average molecular weight is 270 g/mol.